The molecule has 4 N–H and O–H groups in total. The van der Waals surface area contributed by atoms with Gasteiger partial charge in [0.15, 0.2) is 0 Å². The summed E-state index contributed by atoms with van der Waals surface area (Å²) < 4.78 is 0. The molecule has 0 aliphatic heterocycles. The van der Waals surface area contributed by atoms with E-state index in [4.69, 9.17) is 5.84 Å². The fourth-order valence-electron chi connectivity index (χ4n) is 1.65. The predicted molar refractivity (Wildman–Crippen MR) is 50.6 cm³/mol. The molecule has 0 unspecified atom stereocenters. The normalized spacial score (nSPS) is 19.7. The van der Waals surface area contributed by atoms with Gasteiger partial charge in [-0.25, -0.2) is 5.84 Å². The van der Waals surface area contributed by atoms with E-state index in [1.165, 1.54) is 25.7 Å². The van der Waals surface area contributed by atoms with Crippen LogP contribution in [0.3, 0.4) is 0 Å². The van der Waals surface area contributed by atoms with E-state index in [2.05, 4.69) is 15.7 Å². The molecule has 12 heavy (non-hydrogen) atoms. The molecule has 0 saturated heterocycles. The van der Waals surface area contributed by atoms with Gasteiger partial charge < -0.3 is 5.32 Å². The minimum absolute atomic E-state index is 0.682. The van der Waals surface area contributed by atoms with Gasteiger partial charge in [0, 0.05) is 13.6 Å². The lowest BCUT2D eigenvalue weighted by atomic mass is 10.1. The van der Waals surface area contributed by atoms with Crippen LogP contribution in [0.2, 0.25) is 0 Å². The fraction of sp³-hybridized carbons (Fsp3) is 0.875. The van der Waals surface area contributed by atoms with Crippen LogP contribution in [0.15, 0.2) is 4.99 Å². The van der Waals surface area contributed by atoms with Crippen LogP contribution >= 0.6 is 0 Å². The van der Waals surface area contributed by atoms with E-state index < -0.39 is 0 Å². The molecule has 1 fully saturated rings. The number of nitrogens with zero attached hydrogens (tertiary/aromatic N) is 1. The summed E-state index contributed by atoms with van der Waals surface area (Å²) in [7, 11) is 1.72. The Bertz CT molecular complexity index is 149. The van der Waals surface area contributed by atoms with Crippen LogP contribution < -0.4 is 16.6 Å². The lowest BCUT2D eigenvalue weighted by Crippen LogP contribution is -2.43. The van der Waals surface area contributed by atoms with Crippen LogP contribution in [0.25, 0.3) is 0 Å². The average Bonchev–Trinajstić information content (AvgIpc) is 2.59. The summed E-state index contributed by atoms with van der Waals surface area (Å²) in [6.45, 7) is 0.997. The Balaban J connectivity index is 2.15. The standard InChI is InChI=1S/C8H18N4/c1-10-8(12-9)11-6-7-4-2-3-5-7/h7H,2-6,9H2,1H3,(H2,10,11,12). The van der Waals surface area contributed by atoms with Crippen molar-refractivity contribution < 1.29 is 0 Å². The van der Waals surface area contributed by atoms with Crippen molar-refractivity contribution in [1.82, 2.24) is 10.7 Å². The molecule has 1 saturated carbocycles. The Hall–Kier alpha value is -0.770. The molecule has 0 aromatic carbocycles. The summed E-state index contributed by atoms with van der Waals surface area (Å²) in [5.74, 6) is 6.72. The first-order valence-corrected chi connectivity index (χ1v) is 4.54. The molecule has 1 aliphatic rings. The number of hydrogen-bond acceptors (Lipinski definition) is 2. The van der Waals surface area contributed by atoms with Crippen molar-refractivity contribution >= 4 is 5.96 Å². The van der Waals surface area contributed by atoms with E-state index in [1.54, 1.807) is 7.05 Å². The molecule has 4 heteroatoms. The van der Waals surface area contributed by atoms with Gasteiger partial charge in [-0.1, -0.05) is 12.8 Å². The van der Waals surface area contributed by atoms with Gasteiger partial charge in [0.1, 0.15) is 0 Å². The van der Waals surface area contributed by atoms with Crippen molar-refractivity contribution in [3.05, 3.63) is 0 Å². The number of guanidine groups is 1. The molecule has 0 radical (unpaired) electrons. The first-order valence-electron chi connectivity index (χ1n) is 4.54. The Morgan fingerprint density at radius 3 is 2.67 bits per heavy atom. The molecule has 0 spiro atoms. The highest BCUT2D eigenvalue weighted by molar-refractivity contribution is 5.78. The summed E-state index contributed by atoms with van der Waals surface area (Å²) in [5.41, 5.74) is 2.51. The van der Waals surface area contributed by atoms with Crippen LogP contribution in [0.1, 0.15) is 25.7 Å². The van der Waals surface area contributed by atoms with E-state index in [0.29, 0.717) is 5.96 Å². The number of hydrogen-bond donors (Lipinski definition) is 3. The van der Waals surface area contributed by atoms with Crippen LogP contribution in [0, 0.1) is 5.92 Å². The van der Waals surface area contributed by atoms with Crippen molar-refractivity contribution in [2.24, 2.45) is 16.8 Å². The SMILES string of the molecule is CN=C(NN)NCC1CCCC1. The minimum atomic E-state index is 0.682. The lowest BCUT2D eigenvalue weighted by Gasteiger charge is -2.12. The summed E-state index contributed by atoms with van der Waals surface area (Å²) >= 11 is 0. The molecule has 0 atom stereocenters. The summed E-state index contributed by atoms with van der Waals surface area (Å²) in [6, 6.07) is 0. The Morgan fingerprint density at radius 1 is 1.50 bits per heavy atom. The van der Waals surface area contributed by atoms with Gasteiger partial charge in [-0.3, -0.25) is 10.4 Å². The smallest absolute Gasteiger partial charge is 0.205 e. The molecule has 0 bridgehead atoms. The van der Waals surface area contributed by atoms with E-state index in [-0.39, 0.29) is 0 Å². The van der Waals surface area contributed by atoms with Gasteiger partial charge in [0.2, 0.25) is 5.96 Å². The zero-order chi connectivity index (χ0) is 8.81. The topological polar surface area (TPSA) is 62.4 Å². The zero-order valence-electron chi connectivity index (χ0n) is 7.64. The maximum Gasteiger partial charge on any atom is 0.205 e. The largest absolute Gasteiger partial charge is 0.355 e. The molecule has 0 amide bonds. The van der Waals surface area contributed by atoms with Crippen LogP contribution in [0.4, 0.5) is 0 Å². The summed E-state index contributed by atoms with van der Waals surface area (Å²) in [5, 5.41) is 3.17. The van der Waals surface area contributed by atoms with E-state index in [0.717, 1.165) is 12.5 Å². The first kappa shape index (κ1) is 9.32. The molecule has 1 rings (SSSR count). The van der Waals surface area contributed by atoms with Crippen molar-refractivity contribution in [2.45, 2.75) is 25.7 Å². The molecule has 70 valence electrons. The summed E-state index contributed by atoms with van der Waals surface area (Å²) in [6.07, 6.45) is 5.44. The van der Waals surface area contributed by atoms with Crippen molar-refractivity contribution in [3.63, 3.8) is 0 Å². The van der Waals surface area contributed by atoms with Crippen molar-refractivity contribution in [2.75, 3.05) is 13.6 Å². The van der Waals surface area contributed by atoms with Gasteiger partial charge >= 0.3 is 0 Å². The van der Waals surface area contributed by atoms with Gasteiger partial charge in [-0.2, -0.15) is 0 Å². The molecule has 0 aromatic heterocycles. The quantitative estimate of drug-likeness (QED) is 0.240. The Labute approximate surface area is 73.6 Å². The number of nitrogens with one attached hydrogen (secondary N) is 2. The van der Waals surface area contributed by atoms with Crippen molar-refractivity contribution in [3.8, 4) is 0 Å². The van der Waals surface area contributed by atoms with Crippen LogP contribution in [0.5, 0.6) is 0 Å². The Morgan fingerprint density at radius 2 is 2.17 bits per heavy atom. The highest BCUT2D eigenvalue weighted by Crippen LogP contribution is 2.23. The maximum atomic E-state index is 5.22. The average molecular weight is 170 g/mol. The minimum Gasteiger partial charge on any atom is -0.355 e. The van der Waals surface area contributed by atoms with Crippen LogP contribution in [-0.4, -0.2) is 19.6 Å². The molecular formula is C8H18N4. The number of aliphatic imine (C=N–C) groups is 1. The maximum absolute atomic E-state index is 5.22. The second-order valence-electron chi connectivity index (χ2n) is 3.25. The first-order chi connectivity index (χ1) is 5.86. The molecule has 4 nitrogen and oxygen atoms in total. The van der Waals surface area contributed by atoms with Gasteiger partial charge in [0.05, 0.1) is 0 Å². The lowest BCUT2D eigenvalue weighted by molar-refractivity contribution is 0.531. The molecule has 0 heterocycles. The van der Waals surface area contributed by atoms with Crippen LogP contribution in [-0.2, 0) is 0 Å². The molecule has 1 aliphatic carbocycles. The van der Waals surface area contributed by atoms with E-state index in [1.807, 2.05) is 0 Å². The highest BCUT2D eigenvalue weighted by atomic mass is 15.3. The Kier molecular flexibility index (Phi) is 3.87. The number of rotatable bonds is 2. The third-order valence-corrected chi connectivity index (χ3v) is 2.39. The number of hydrazine groups is 1. The second kappa shape index (κ2) is 4.98. The van der Waals surface area contributed by atoms with E-state index in [9.17, 15) is 0 Å². The van der Waals surface area contributed by atoms with Gasteiger partial charge in [0.25, 0.3) is 0 Å². The zero-order valence-corrected chi connectivity index (χ0v) is 7.64. The second-order valence-corrected chi connectivity index (χ2v) is 3.25. The molecular weight excluding hydrogens is 152 g/mol. The predicted octanol–water partition coefficient (Wildman–Crippen LogP) is 0.215. The highest BCUT2D eigenvalue weighted by Gasteiger charge is 2.14. The van der Waals surface area contributed by atoms with Gasteiger partial charge in [-0.05, 0) is 18.8 Å². The van der Waals surface area contributed by atoms with Gasteiger partial charge in [-0.15, -0.1) is 0 Å². The fourth-order valence-corrected chi connectivity index (χ4v) is 1.65. The third kappa shape index (κ3) is 2.70. The van der Waals surface area contributed by atoms with E-state index >= 15 is 0 Å². The number of nitrogens with two attached hydrogens (primary N) is 1. The third-order valence-electron chi connectivity index (χ3n) is 2.39. The molecule has 0 aromatic rings. The summed E-state index contributed by atoms with van der Waals surface area (Å²) in [4.78, 5) is 3.94. The van der Waals surface area contributed by atoms with Crippen molar-refractivity contribution in [1.29, 1.82) is 0 Å². The monoisotopic (exact) mass is 170 g/mol.